The Morgan fingerprint density at radius 2 is 1.86 bits per heavy atom. The minimum absolute atomic E-state index is 0.158. The Labute approximate surface area is 163 Å². The van der Waals surface area contributed by atoms with Crippen molar-refractivity contribution in [2.45, 2.75) is 19.4 Å². The number of phenolic OH excluding ortho intramolecular Hbond substituents is 1. The normalized spacial score (nSPS) is 17.6. The quantitative estimate of drug-likeness (QED) is 0.798. The smallest absolute Gasteiger partial charge is 0.231 e. The first-order chi connectivity index (χ1) is 13.6. The number of ketones is 1. The van der Waals surface area contributed by atoms with Crippen LogP contribution in [-0.4, -0.2) is 43.1 Å². The van der Waals surface area contributed by atoms with Crippen LogP contribution in [0, 0.1) is 0 Å². The third kappa shape index (κ3) is 3.31. The van der Waals surface area contributed by atoms with Crippen LogP contribution in [0.5, 0.6) is 23.0 Å². The average Bonchev–Trinajstić information content (AvgIpc) is 3.32. The second-order valence-corrected chi connectivity index (χ2v) is 6.98. The number of aromatic hydroxyl groups is 1. The maximum Gasteiger partial charge on any atom is 0.231 e. The molecule has 2 aliphatic heterocycles. The van der Waals surface area contributed by atoms with Crippen molar-refractivity contribution in [3.63, 3.8) is 0 Å². The second-order valence-electron chi connectivity index (χ2n) is 6.98. The predicted octanol–water partition coefficient (Wildman–Crippen LogP) is 3.62. The van der Waals surface area contributed by atoms with Gasteiger partial charge in [0.25, 0.3) is 0 Å². The number of likely N-dealkylation sites (tertiary alicyclic amines) is 1. The molecule has 0 amide bonds. The molecule has 6 heteroatoms. The van der Waals surface area contributed by atoms with Gasteiger partial charge >= 0.3 is 0 Å². The number of methoxy groups -OCH3 is 2. The molecule has 4 rings (SSSR count). The minimum Gasteiger partial charge on any atom is -0.507 e. The molecular formula is C22H23NO5. The van der Waals surface area contributed by atoms with E-state index in [-0.39, 0.29) is 17.3 Å². The lowest BCUT2D eigenvalue weighted by Crippen LogP contribution is -2.18. The van der Waals surface area contributed by atoms with Crippen molar-refractivity contribution in [1.82, 2.24) is 4.90 Å². The molecule has 2 aliphatic rings. The summed E-state index contributed by atoms with van der Waals surface area (Å²) in [4.78, 5) is 15.1. The number of Topliss-reactive ketones (excluding diaryl/α,β-unsaturated/α-hetero) is 1. The number of benzene rings is 2. The Hall–Kier alpha value is -2.99. The number of ether oxygens (including phenoxy) is 3. The van der Waals surface area contributed by atoms with Gasteiger partial charge in [0, 0.05) is 6.54 Å². The van der Waals surface area contributed by atoms with Gasteiger partial charge in [0.05, 0.1) is 25.3 Å². The lowest BCUT2D eigenvalue weighted by atomic mass is 10.0. The standard InChI is InChI=1S/C22H23NO5/c1-26-18-8-5-14(11-19(18)27-2)12-20-21(25)15-6-7-17(24)16(22(15)28-20)13-23-9-3-4-10-23/h5-8,11-12,24H,3-4,9-10,13H2,1-2H3/b20-12-. The highest BCUT2D eigenvalue weighted by atomic mass is 16.5. The number of fused-ring (bicyclic) bond motifs is 1. The van der Waals surface area contributed by atoms with Crippen molar-refractivity contribution in [2.24, 2.45) is 0 Å². The third-order valence-corrected chi connectivity index (χ3v) is 5.20. The zero-order valence-corrected chi connectivity index (χ0v) is 16.0. The number of phenols is 1. The fraction of sp³-hybridized carbons (Fsp3) is 0.318. The van der Waals surface area contributed by atoms with Crippen molar-refractivity contribution in [1.29, 1.82) is 0 Å². The van der Waals surface area contributed by atoms with Crippen molar-refractivity contribution in [3.8, 4) is 23.0 Å². The molecule has 0 bridgehead atoms. The SMILES string of the molecule is COc1ccc(/C=C2\Oc3c(ccc(O)c3CN3CCCC3)C2=O)cc1OC. The summed E-state index contributed by atoms with van der Waals surface area (Å²) in [6.07, 6.45) is 3.99. The van der Waals surface area contributed by atoms with Crippen LogP contribution in [0.25, 0.3) is 6.08 Å². The van der Waals surface area contributed by atoms with Crippen molar-refractivity contribution < 1.29 is 24.1 Å². The Balaban J connectivity index is 1.66. The monoisotopic (exact) mass is 381 g/mol. The minimum atomic E-state index is -0.188. The first-order valence-corrected chi connectivity index (χ1v) is 9.34. The third-order valence-electron chi connectivity index (χ3n) is 5.20. The van der Waals surface area contributed by atoms with Crippen molar-refractivity contribution in [2.75, 3.05) is 27.3 Å². The molecule has 0 spiro atoms. The number of carbonyl (C=O) groups excluding carboxylic acids is 1. The van der Waals surface area contributed by atoms with Gasteiger partial charge in [-0.3, -0.25) is 9.69 Å². The number of nitrogens with zero attached hydrogens (tertiary/aromatic N) is 1. The highest BCUT2D eigenvalue weighted by Gasteiger charge is 2.32. The van der Waals surface area contributed by atoms with Crippen LogP contribution in [0.4, 0.5) is 0 Å². The lowest BCUT2D eigenvalue weighted by Gasteiger charge is -2.17. The second kappa shape index (κ2) is 7.56. The molecule has 0 unspecified atom stereocenters. The first kappa shape index (κ1) is 18.4. The van der Waals surface area contributed by atoms with E-state index in [4.69, 9.17) is 14.2 Å². The van der Waals surface area contributed by atoms with Gasteiger partial charge in [-0.25, -0.2) is 0 Å². The Morgan fingerprint density at radius 1 is 1.11 bits per heavy atom. The zero-order valence-electron chi connectivity index (χ0n) is 16.0. The summed E-state index contributed by atoms with van der Waals surface area (Å²) in [6.45, 7) is 2.56. The van der Waals surface area contributed by atoms with Crippen LogP contribution in [0.15, 0.2) is 36.1 Å². The number of carbonyl (C=O) groups is 1. The average molecular weight is 381 g/mol. The fourth-order valence-electron chi connectivity index (χ4n) is 3.71. The molecule has 146 valence electrons. The highest BCUT2D eigenvalue weighted by molar-refractivity contribution is 6.15. The van der Waals surface area contributed by atoms with Crippen LogP contribution in [-0.2, 0) is 6.54 Å². The molecular weight excluding hydrogens is 358 g/mol. The van der Waals surface area contributed by atoms with Gasteiger partial charge in [-0.05, 0) is 61.8 Å². The first-order valence-electron chi connectivity index (χ1n) is 9.34. The molecule has 0 saturated carbocycles. The molecule has 1 fully saturated rings. The van der Waals surface area contributed by atoms with E-state index in [1.807, 2.05) is 6.07 Å². The summed E-state index contributed by atoms with van der Waals surface area (Å²) in [5.41, 5.74) is 1.92. The van der Waals surface area contributed by atoms with Gasteiger partial charge in [0.1, 0.15) is 11.5 Å². The Kier molecular flexibility index (Phi) is 4.96. The molecule has 2 heterocycles. The van der Waals surface area contributed by atoms with E-state index in [0.717, 1.165) is 31.5 Å². The van der Waals surface area contributed by atoms with Crippen LogP contribution >= 0.6 is 0 Å². The molecule has 0 atom stereocenters. The van der Waals surface area contributed by atoms with Gasteiger partial charge < -0.3 is 19.3 Å². The molecule has 1 saturated heterocycles. The number of allylic oxidation sites excluding steroid dienone is 1. The summed E-state index contributed by atoms with van der Waals surface area (Å²) in [6, 6.07) is 8.59. The van der Waals surface area contributed by atoms with Crippen LogP contribution in [0.2, 0.25) is 0 Å². The van der Waals surface area contributed by atoms with Crippen molar-refractivity contribution >= 4 is 11.9 Å². The Morgan fingerprint density at radius 3 is 2.57 bits per heavy atom. The largest absolute Gasteiger partial charge is 0.507 e. The summed E-state index contributed by atoms with van der Waals surface area (Å²) >= 11 is 0. The summed E-state index contributed by atoms with van der Waals surface area (Å²) in [5.74, 6) is 1.86. The number of hydrogen-bond donors (Lipinski definition) is 1. The Bertz CT molecular complexity index is 944. The molecule has 2 aromatic carbocycles. The number of hydrogen-bond acceptors (Lipinski definition) is 6. The van der Waals surface area contributed by atoms with Gasteiger partial charge in [-0.1, -0.05) is 6.07 Å². The maximum atomic E-state index is 12.8. The lowest BCUT2D eigenvalue weighted by molar-refractivity contribution is 0.101. The van der Waals surface area contributed by atoms with E-state index < -0.39 is 0 Å². The van der Waals surface area contributed by atoms with Crippen molar-refractivity contribution in [3.05, 3.63) is 52.8 Å². The molecule has 2 aromatic rings. The topological polar surface area (TPSA) is 68.2 Å². The van der Waals surface area contributed by atoms with E-state index in [9.17, 15) is 9.90 Å². The fourth-order valence-corrected chi connectivity index (χ4v) is 3.71. The van der Waals surface area contributed by atoms with Gasteiger partial charge in [-0.2, -0.15) is 0 Å². The molecule has 28 heavy (non-hydrogen) atoms. The van der Waals surface area contributed by atoms with E-state index in [0.29, 0.717) is 34.9 Å². The summed E-state index contributed by atoms with van der Waals surface area (Å²) < 4.78 is 16.5. The molecule has 0 aliphatic carbocycles. The van der Waals surface area contributed by atoms with E-state index in [1.54, 1.807) is 44.6 Å². The number of rotatable bonds is 5. The van der Waals surface area contributed by atoms with E-state index >= 15 is 0 Å². The van der Waals surface area contributed by atoms with Gasteiger partial charge in [-0.15, -0.1) is 0 Å². The van der Waals surface area contributed by atoms with E-state index in [2.05, 4.69) is 4.90 Å². The summed E-state index contributed by atoms with van der Waals surface area (Å²) in [5, 5.41) is 10.4. The van der Waals surface area contributed by atoms with Gasteiger partial charge in [0.2, 0.25) is 5.78 Å². The predicted molar refractivity (Wildman–Crippen MR) is 105 cm³/mol. The molecule has 0 radical (unpaired) electrons. The molecule has 6 nitrogen and oxygen atoms in total. The maximum absolute atomic E-state index is 12.8. The molecule has 0 aromatic heterocycles. The zero-order chi connectivity index (χ0) is 19.7. The van der Waals surface area contributed by atoms with Crippen LogP contribution < -0.4 is 14.2 Å². The molecule has 1 N–H and O–H groups in total. The highest BCUT2D eigenvalue weighted by Crippen LogP contribution is 2.40. The summed E-state index contributed by atoms with van der Waals surface area (Å²) in [7, 11) is 3.14. The van der Waals surface area contributed by atoms with Crippen LogP contribution in [0.3, 0.4) is 0 Å². The van der Waals surface area contributed by atoms with Gasteiger partial charge in [0.15, 0.2) is 17.3 Å². The van der Waals surface area contributed by atoms with E-state index in [1.165, 1.54) is 0 Å². The van der Waals surface area contributed by atoms with Crippen LogP contribution in [0.1, 0.15) is 34.3 Å².